The summed E-state index contributed by atoms with van der Waals surface area (Å²) in [6, 6.07) is 3.90. The van der Waals surface area contributed by atoms with Gasteiger partial charge < -0.3 is 9.32 Å². The molecule has 1 aromatic heterocycles. The van der Waals surface area contributed by atoms with Gasteiger partial charge in [0.25, 0.3) is 5.91 Å². The Bertz CT molecular complexity index is 388. The molecule has 1 aliphatic carbocycles. The first kappa shape index (κ1) is 13.1. The summed E-state index contributed by atoms with van der Waals surface area (Å²) in [5.74, 6) is 0.444. The quantitative estimate of drug-likeness (QED) is 0.744. The molecule has 0 aromatic carbocycles. The Morgan fingerprint density at radius 2 is 2.24 bits per heavy atom. The van der Waals surface area contributed by atoms with Gasteiger partial charge in [-0.3, -0.25) is 4.79 Å². The molecule has 0 radical (unpaired) electrons. The summed E-state index contributed by atoms with van der Waals surface area (Å²) >= 11 is 6.63. The Morgan fingerprint density at radius 1 is 1.47 bits per heavy atom. The molecule has 1 heterocycles. The topological polar surface area (TPSA) is 33.5 Å². The number of hydrogen-bond acceptors (Lipinski definition) is 2. The van der Waals surface area contributed by atoms with Gasteiger partial charge in [0.2, 0.25) is 0 Å². The first-order valence-corrected chi connectivity index (χ1v) is 7.76. The second-order valence-electron chi connectivity index (χ2n) is 4.23. The maximum Gasteiger partial charge on any atom is 0.289 e. The van der Waals surface area contributed by atoms with Gasteiger partial charge in [-0.2, -0.15) is 0 Å². The predicted octanol–water partition coefficient (Wildman–Crippen LogP) is 3.82. The zero-order valence-electron chi connectivity index (χ0n) is 9.49. The number of nitrogens with zero attached hydrogens (tertiary/aromatic N) is 1. The molecule has 0 atom stereocenters. The molecule has 3 nitrogen and oxygen atoms in total. The van der Waals surface area contributed by atoms with Gasteiger partial charge in [0.1, 0.15) is 0 Å². The fraction of sp³-hybridized carbons (Fsp3) is 0.583. The minimum absolute atomic E-state index is 0.0151. The van der Waals surface area contributed by atoms with Crippen molar-refractivity contribution in [2.24, 2.45) is 0 Å². The van der Waals surface area contributed by atoms with Crippen LogP contribution in [0.25, 0.3) is 0 Å². The third kappa shape index (κ3) is 3.13. The molecule has 1 saturated carbocycles. The minimum atomic E-state index is 0.0151. The first-order chi connectivity index (χ1) is 8.22. The molecule has 0 bridgehead atoms. The maximum absolute atomic E-state index is 12.3. The minimum Gasteiger partial charge on any atom is -0.444 e. The second-order valence-corrected chi connectivity index (χ2v) is 5.80. The van der Waals surface area contributed by atoms with Crippen LogP contribution in [-0.2, 0) is 0 Å². The van der Waals surface area contributed by atoms with E-state index in [2.05, 4.69) is 31.9 Å². The van der Waals surface area contributed by atoms with Gasteiger partial charge in [-0.05, 0) is 53.7 Å². The van der Waals surface area contributed by atoms with E-state index in [1.807, 2.05) is 4.90 Å². The van der Waals surface area contributed by atoms with Crippen LogP contribution in [0.4, 0.5) is 0 Å². The lowest BCUT2D eigenvalue weighted by Gasteiger charge is -2.37. The Morgan fingerprint density at radius 3 is 2.71 bits per heavy atom. The number of rotatable bonds is 5. The Balaban J connectivity index is 2.06. The molecule has 0 saturated heterocycles. The normalized spacial score (nSPS) is 15.6. The van der Waals surface area contributed by atoms with Crippen molar-refractivity contribution in [2.45, 2.75) is 31.7 Å². The predicted molar refractivity (Wildman–Crippen MR) is 73.5 cm³/mol. The molecule has 1 aliphatic rings. The molecule has 1 fully saturated rings. The van der Waals surface area contributed by atoms with E-state index in [9.17, 15) is 4.79 Å². The molecule has 5 heteroatoms. The fourth-order valence-corrected chi connectivity index (χ4v) is 2.51. The molecular formula is C12H15Br2NO2. The van der Waals surface area contributed by atoms with E-state index in [1.165, 1.54) is 6.42 Å². The van der Waals surface area contributed by atoms with Gasteiger partial charge >= 0.3 is 0 Å². The maximum atomic E-state index is 12.3. The van der Waals surface area contributed by atoms with Crippen molar-refractivity contribution in [1.29, 1.82) is 0 Å². The number of carbonyl (C=O) groups excluding carboxylic acids is 1. The van der Waals surface area contributed by atoms with E-state index in [4.69, 9.17) is 4.42 Å². The molecule has 0 N–H and O–H groups in total. The third-order valence-electron chi connectivity index (χ3n) is 3.09. The summed E-state index contributed by atoms with van der Waals surface area (Å²) in [5.41, 5.74) is 0. The highest BCUT2D eigenvalue weighted by Gasteiger charge is 2.30. The summed E-state index contributed by atoms with van der Waals surface area (Å²) in [7, 11) is 0. The average Bonchev–Trinajstić information content (AvgIpc) is 2.67. The molecule has 0 aliphatic heterocycles. The van der Waals surface area contributed by atoms with Crippen molar-refractivity contribution >= 4 is 37.8 Å². The number of carbonyl (C=O) groups is 1. The summed E-state index contributed by atoms with van der Waals surface area (Å²) in [5, 5.41) is 0.922. The van der Waals surface area contributed by atoms with Crippen LogP contribution >= 0.6 is 31.9 Å². The first-order valence-electron chi connectivity index (χ1n) is 5.84. The SMILES string of the molecule is O=C(c1ccc(Br)o1)N(CCCBr)C1CCC1. The van der Waals surface area contributed by atoms with Crippen LogP contribution in [0.1, 0.15) is 36.2 Å². The highest BCUT2D eigenvalue weighted by atomic mass is 79.9. The van der Waals surface area contributed by atoms with E-state index in [0.29, 0.717) is 16.5 Å². The van der Waals surface area contributed by atoms with E-state index < -0.39 is 0 Å². The molecule has 0 spiro atoms. The molecule has 2 rings (SSSR count). The molecular weight excluding hydrogens is 350 g/mol. The van der Waals surface area contributed by atoms with Gasteiger partial charge in [0.05, 0.1) is 0 Å². The van der Waals surface area contributed by atoms with Gasteiger partial charge in [-0.25, -0.2) is 0 Å². The van der Waals surface area contributed by atoms with Crippen LogP contribution in [0.2, 0.25) is 0 Å². The number of furan rings is 1. The van der Waals surface area contributed by atoms with Crippen LogP contribution in [0, 0.1) is 0 Å². The van der Waals surface area contributed by atoms with Crippen LogP contribution in [0.5, 0.6) is 0 Å². The van der Waals surface area contributed by atoms with E-state index in [-0.39, 0.29) is 5.91 Å². The standard InChI is InChI=1S/C12H15Br2NO2/c13-7-2-8-15(9-3-1-4-9)12(16)10-5-6-11(14)17-10/h5-6,9H,1-4,7-8H2. The van der Waals surface area contributed by atoms with Crippen molar-refractivity contribution in [3.63, 3.8) is 0 Å². The Labute approximate surface area is 118 Å². The lowest BCUT2D eigenvalue weighted by Crippen LogP contribution is -2.44. The molecule has 94 valence electrons. The Kier molecular flexibility index (Phi) is 4.68. The zero-order valence-corrected chi connectivity index (χ0v) is 12.7. The van der Waals surface area contributed by atoms with Gasteiger partial charge in [0, 0.05) is 17.9 Å². The number of amides is 1. The zero-order chi connectivity index (χ0) is 12.3. The highest BCUT2D eigenvalue weighted by Crippen LogP contribution is 2.27. The lowest BCUT2D eigenvalue weighted by atomic mass is 9.91. The van der Waals surface area contributed by atoms with Gasteiger partial charge in [0.15, 0.2) is 10.4 Å². The van der Waals surface area contributed by atoms with Crippen molar-refractivity contribution in [1.82, 2.24) is 4.90 Å². The van der Waals surface area contributed by atoms with Crippen molar-refractivity contribution in [3.05, 3.63) is 22.6 Å². The lowest BCUT2D eigenvalue weighted by molar-refractivity contribution is 0.0547. The molecule has 1 amide bonds. The van der Waals surface area contributed by atoms with Crippen LogP contribution in [0.3, 0.4) is 0 Å². The summed E-state index contributed by atoms with van der Waals surface area (Å²) < 4.78 is 5.95. The number of hydrogen-bond donors (Lipinski definition) is 0. The monoisotopic (exact) mass is 363 g/mol. The molecule has 1 aromatic rings. The third-order valence-corrected chi connectivity index (χ3v) is 4.08. The summed E-state index contributed by atoms with van der Waals surface area (Å²) in [4.78, 5) is 14.2. The van der Waals surface area contributed by atoms with Crippen LogP contribution in [0.15, 0.2) is 21.2 Å². The van der Waals surface area contributed by atoms with Crippen molar-refractivity contribution in [2.75, 3.05) is 11.9 Å². The van der Waals surface area contributed by atoms with Crippen molar-refractivity contribution in [3.8, 4) is 0 Å². The fourth-order valence-electron chi connectivity index (χ4n) is 1.95. The Hall–Kier alpha value is -0.290. The highest BCUT2D eigenvalue weighted by molar-refractivity contribution is 9.10. The average molecular weight is 365 g/mol. The van der Waals surface area contributed by atoms with E-state index >= 15 is 0 Å². The largest absolute Gasteiger partial charge is 0.444 e. The van der Waals surface area contributed by atoms with Gasteiger partial charge in [-0.1, -0.05) is 15.9 Å². The number of halogens is 2. The second kappa shape index (κ2) is 6.05. The smallest absolute Gasteiger partial charge is 0.289 e. The van der Waals surface area contributed by atoms with Crippen LogP contribution < -0.4 is 0 Å². The van der Waals surface area contributed by atoms with E-state index in [1.54, 1.807) is 12.1 Å². The molecule has 0 unspecified atom stereocenters. The summed E-state index contributed by atoms with van der Waals surface area (Å²) in [6.45, 7) is 0.799. The van der Waals surface area contributed by atoms with E-state index in [0.717, 1.165) is 31.1 Å². The van der Waals surface area contributed by atoms with Crippen LogP contribution in [-0.4, -0.2) is 28.7 Å². The summed E-state index contributed by atoms with van der Waals surface area (Å²) in [6.07, 6.45) is 4.44. The van der Waals surface area contributed by atoms with Crippen molar-refractivity contribution < 1.29 is 9.21 Å². The van der Waals surface area contributed by atoms with Gasteiger partial charge in [-0.15, -0.1) is 0 Å². The molecule has 17 heavy (non-hydrogen) atoms. The number of alkyl halides is 1.